The minimum atomic E-state index is -1.28. The first-order chi connectivity index (χ1) is 4.95. The molecule has 0 bridgehead atoms. The van der Waals surface area contributed by atoms with Crippen LogP contribution in [-0.2, 0) is 19.2 Å². The number of halogens is 2. The molecule has 0 saturated carbocycles. The molecule has 0 rings (SSSR count). The maximum atomic E-state index is 10.3. The first kappa shape index (κ1) is 10.3. The molecule has 0 saturated heterocycles. The molecule has 0 aromatic carbocycles. The van der Waals surface area contributed by atoms with E-state index in [0.29, 0.717) is 0 Å². The van der Waals surface area contributed by atoms with E-state index in [1.807, 2.05) is 0 Å². The van der Waals surface area contributed by atoms with Crippen LogP contribution >= 0.6 is 23.2 Å². The Hall–Kier alpha value is -0.740. The summed E-state index contributed by atoms with van der Waals surface area (Å²) in [5, 5.41) is -2.56. The summed E-state index contributed by atoms with van der Waals surface area (Å²) < 4.78 is 0. The van der Waals surface area contributed by atoms with Gasteiger partial charge in [-0.15, -0.1) is 0 Å². The van der Waals surface area contributed by atoms with E-state index in [1.165, 1.54) is 0 Å². The van der Waals surface area contributed by atoms with E-state index in [2.05, 4.69) is 23.2 Å². The Kier molecular flexibility index (Phi) is 3.92. The van der Waals surface area contributed by atoms with Gasteiger partial charge in [-0.3, -0.25) is 19.2 Å². The van der Waals surface area contributed by atoms with Crippen molar-refractivity contribution in [1.82, 2.24) is 0 Å². The molecule has 0 aliphatic heterocycles. The van der Waals surface area contributed by atoms with Crippen LogP contribution in [0.5, 0.6) is 0 Å². The zero-order valence-corrected chi connectivity index (χ0v) is 6.61. The molecule has 0 heterocycles. The molecule has 0 spiro atoms. The van der Waals surface area contributed by atoms with Crippen LogP contribution in [0.2, 0.25) is 0 Å². The van der Waals surface area contributed by atoms with Crippen LogP contribution < -0.4 is 0 Å². The minimum absolute atomic E-state index is 0.856. The lowest BCUT2D eigenvalue weighted by Crippen LogP contribution is -2.17. The predicted molar refractivity (Wildman–Crippen MR) is 36.4 cm³/mol. The van der Waals surface area contributed by atoms with Gasteiger partial charge in [0.15, 0.2) is 0 Å². The molecule has 0 amide bonds. The summed E-state index contributed by atoms with van der Waals surface area (Å²) in [4.78, 5) is 40.7. The summed E-state index contributed by atoms with van der Waals surface area (Å²) >= 11 is 9.36. The number of hydrogen-bond donors (Lipinski definition) is 0. The zero-order valence-electron chi connectivity index (χ0n) is 5.10. The SMILES string of the molecule is O=C(Cl)C(=O)CC(=O)C(=O)Cl. The number of carbonyl (C=O) groups is 4. The molecule has 11 heavy (non-hydrogen) atoms. The molecule has 0 fully saturated rings. The summed E-state index contributed by atoms with van der Waals surface area (Å²) in [6, 6.07) is 0. The summed E-state index contributed by atoms with van der Waals surface area (Å²) in [5.74, 6) is -2.27. The van der Waals surface area contributed by atoms with Gasteiger partial charge < -0.3 is 0 Å². The summed E-state index contributed by atoms with van der Waals surface area (Å²) in [5.41, 5.74) is 0. The number of hydrogen-bond acceptors (Lipinski definition) is 4. The van der Waals surface area contributed by atoms with E-state index in [9.17, 15) is 19.2 Å². The lowest BCUT2D eigenvalue weighted by molar-refractivity contribution is -0.138. The Bertz CT molecular complexity index is 209. The fourth-order valence-corrected chi connectivity index (χ4v) is 0.418. The van der Waals surface area contributed by atoms with E-state index in [4.69, 9.17) is 0 Å². The molecule has 0 aliphatic rings. The van der Waals surface area contributed by atoms with E-state index in [-0.39, 0.29) is 0 Å². The molecular formula is C5H2Cl2O4. The first-order valence-electron chi connectivity index (χ1n) is 2.40. The minimum Gasteiger partial charge on any atom is -0.289 e. The van der Waals surface area contributed by atoms with Crippen molar-refractivity contribution < 1.29 is 19.2 Å². The second-order valence-electron chi connectivity index (χ2n) is 1.57. The van der Waals surface area contributed by atoms with Crippen molar-refractivity contribution in [2.75, 3.05) is 0 Å². The molecule has 60 valence electrons. The van der Waals surface area contributed by atoms with Crippen molar-refractivity contribution >= 4 is 45.3 Å². The Balaban J connectivity index is 4.07. The molecule has 0 aromatic heterocycles. The number of Topliss-reactive ketones (excluding diaryl/α,β-unsaturated/α-hetero) is 2. The van der Waals surface area contributed by atoms with Crippen molar-refractivity contribution in [3.8, 4) is 0 Å². The van der Waals surface area contributed by atoms with Crippen molar-refractivity contribution in [1.29, 1.82) is 0 Å². The van der Waals surface area contributed by atoms with Gasteiger partial charge in [-0.05, 0) is 23.2 Å². The third-order valence-corrected chi connectivity index (χ3v) is 1.18. The number of rotatable bonds is 4. The van der Waals surface area contributed by atoms with Crippen LogP contribution in [0.4, 0.5) is 0 Å². The van der Waals surface area contributed by atoms with Gasteiger partial charge in [0.05, 0.1) is 6.42 Å². The largest absolute Gasteiger partial charge is 0.289 e. The highest BCUT2D eigenvalue weighted by molar-refractivity contribution is 6.85. The van der Waals surface area contributed by atoms with Gasteiger partial charge in [0, 0.05) is 0 Å². The number of carbonyl (C=O) groups excluding carboxylic acids is 4. The standard InChI is InChI=1S/C5H2Cl2O4/c6-4(10)2(8)1-3(9)5(7)11/h1H2. The van der Waals surface area contributed by atoms with Crippen LogP contribution in [0.3, 0.4) is 0 Å². The summed E-state index contributed by atoms with van der Waals surface area (Å²) in [6.07, 6.45) is -0.856. The van der Waals surface area contributed by atoms with Crippen LogP contribution in [0.15, 0.2) is 0 Å². The normalized spacial score (nSPS) is 8.91. The predicted octanol–water partition coefficient (Wildman–Crippen LogP) is 0.0455. The fourth-order valence-electron chi connectivity index (χ4n) is 0.285. The molecule has 0 aliphatic carbocycles. The second-order valence-corrected chi connectivity index (χ2v) is 2.26. The highest BCUT2D eigenvalue weighted by Gasteiger charge is 2.19. The fraction of sp³-hybridized carbons (Fsp3) is 0.200. The van der Waals surface area contributed by atoms with Crippen molar-refractivity contribution in [3.63, 3.8) is 0 Å². The highest BCUT2D eigenvalue weighted by atomic mass is 35.5. The van der Waals surface area contributed by atoms with E-state index in [1.54, 1.807) is 0 Å². The molecule has 6 heteroatoms. The van der Waals surface area contributed by atoms with Crippen LogP contribution in [0, 0.1) is 0 Å². The monoisotopic (exact) mass is 196 g/mol. The van der Waals surface area contributed by atoms with Gasteiger partial charge in [-0.2, -0.15) is 0 Å². The number of ketones is 2. The molecule has 0 atom stereocenters. The summed E-state index contributed by atoms with van der Waals surface area (Å²) in [7, 11) is 0. The maximum Gasteiger partial charge on any atom is 0.288 e. The zero-order chi connectivity index (χ0) is 9.02. The van der Waals surface area contributed by atoms with Gasteiger partial charge in [0.2, 0.25) is 11.6 Å². The van der Waals surface area contributed by atoms with E-state index in [0.717, 1.165) is 0 Å². The third kappa shape index (κ3) is 3.85. The van der Waals surface area contributed by atoms with Gasteiger partial charge in [0.25, 0.3) is 10.5 Å². The van der Waals surface area contributed by atoms with E-state index >= 15 is 0 Å². The topological polar surface area (TPSA) is 68.3 Å². The van der Waals surface area contributed by atoms with Crippen LogP contribution in [-0.4, -0.2) is 22.1 Å². The van der Waals surface area contributed by atoms with E-state index < -0.39 is 28.5 Å². The maximum absolute atomic E-state index is 10.3. The van der Waals surface area contributed by atoms with Gasteiger partial charge in [0.1, 0.15) is 0 Å². The Morgan fingerprint density at radius 3 is 1.27 bits per heavy atom. The van der Waals surface area contributed by atoms with Gasteiger partial charge in [-0.25, -0.2) is 0 Å². The molecule has 0 N–H and O–H groups in total. The smallest absolute Gasteiger partial charge is 0.288 e. The summed E-state index contributed by atoms with van der Waals surface area (Å²) in [6.45, 7) is 0. The lowest BCUT2D eigenvalue weighted by Gasteiger charge is -1.88. The molecule has 0 unspecified atom stereocenters. The molecule has 4 nitrogen and oxygen atoms in total. The Labute approximate surface area is 71.5 Å². The van der Waals surface area contributed by atoms with Crippen LogP contribution in [0.25, 0.3) is 0 Å². The quantitative estimate of drug-likeness (QED) is 0.362. The molecule has 0 aromatic rings. The van der Waals surface area contributed by atoms with Crippen molar-refractivity contribution in [2.45, 2.75) is 6.42 Å². The van der Waals surface area contributed by atoms with Crippen molar-refractivity contribution in [2.24, 2.45) is 0 Å². The van der Waals surface area contributed by atoms with Gasteiger partial charge in [-0.1, -0.05) is 0 Å². The first-order valence-corrected chi connectivity index (χ1v) is 3.16. The second kappa shape index (κ2) is 4.20. The Morgan fingerprint density at radius 1 is 0.818 bits per heavy atom. The lowest BCUT2D eigenvalue weighted by atomic mass is 10.2. The highest BCUT2D eigenvalue weighted by Crippen LogP contribution is 1.94. The average molecular weight is 197 g/mol. The van der Waals surface area contributed by atoms with Crippen molar-refractivity contribution in [3.05, 3.63) is 0 Å². The van der Waals surface area contributed by atoms with Gasteiger partial charge >= 0.3 is 0 Å². The molecule has 0 radical (unpaired) electrons. The van der Waals surface area contributed by atoms with Crippen LogP contribution in [0.1, 0.15) is 6.42 Å². The molecular weight excluding hydrogens is 195 g/mol. The third-order valence-electron chi connectivity index (χ3n) is 0.760. The average Bonchev–Trinajstić information content (AvgIpc) is 1.87. The Morgan fingerprint density at radius 2 is 1.09 bits per heavy atom.